The standard InChI is InChI=1S/C17H18BrN3O/c1-20-14(8-11-19-20)21-13-7-5-6-12(18)15(13)17(16(21)22)9-3-2-4-10-17/h5-8,11H,2-4,9-10H2,1H3. The predicted molar refractivity (Wildman–Crippen MR) is 89.3 cm³/mol. The second-order valence-electron chi connectivity index (χ2n) is 6.23. The molecule has 1 spiro atoms. The third-order valence-electron chi connectivity index (χ3n) is 5.05. The van der Waals surface area contributed by atoms with Gasteiger partial charge in [0.2, 0.25) is 5.91 Å². The van der Waals surface area contributed by atoms with Crippen molar-refractivity contribution in [2.24, 2.45) is 7.05 Å². The molecular formula is C17H18BrN3O. The Hall–Kier alpha value is -1.62. The van der Waals surface area contributed by atoms with Gasteiger partial charge in [0.25, 0.3) is 0 Å². The molecule has 2 heterocycles. The molecule has 1 aromatic carbocycles. The largest absolute Gasteiger partial charge is 0.273 e. The average Bonchev–Trinajstić information content (AvgIpc) is 3.03. The van der Waals surface area contributed by atoms with Crippen LogP contribution in [0.1, 0.15) is 37.7 Å². The number of halogens is 1. The van der Waals surface area contributed by atoms with Gasteiger partial charge < -0.3 is 0 Å². The highest BCUT2D eigenvalue weighted by Crippen LogP contribution is 2.54. The maximum Gasteiger partial charge on any atom is 0.243 e. The van der Waals surface area contributed by atoms with Crippen molar-refractivity contribution in [3.05, 3.63) is 40.5 Å². The quantitative estimate of drug-likeness (QED) is 0.769. The Morgan fingerprint density at radius 2 is 1.95 bits per heavy atom. The number of amides is 1. The normalized spacial score (nSPS) is 19.7. The minimum Gasteiger partial charge on any atom is -0.273 e. The van der Waals surface area contributed by atoms with Crippen molar-refractivity contribution in [1.82, 2.24) is 9.78 Å². The number of aryl methyl sites for hydroxylation is 1. The molecule has 1 amide bonds. The number of aromatic nitrogens is 2. The summed E-state index contributed by atoms with van der Waals surface area (Å²) < 4.78 is 2.81. The topological polar surface area (TPSA) is 38.1 Å². The fourth-order valence-electron chi connectivity index (χ4n) is 4.04. The van der Waals surface area contributed by atoms with E-state index in [0.717, 1.165) is 41.7 Å². The SMILES string of the molecule is Cn1nccc1N1C(=O)C2(CCCCC2)c2c(Br)cccc21. The van der Waals surface area contributed by atoms with Crippen LogP contribution in [0.25, 0.3) is 0 Å². The van der Waals surface area contributed by atoms with Gasteiger partial charge in [-0.25, -0.2) is 0 Å². The van der Waals surface area contributed by atoms with Crippen molar-refractivity contribution < 1.29 is 4.79 Å². The van der Waals surface area contributed by atoms with Gasteiger partial charge in [0.05, 0.1) is 17.3 Å². The first-order valence-corrected chi connectivity index (χ1v) is 8.56. The zero-order valence-electron chi connectivity index (χ0n) is 12.6. The Bertz CT molecular complexity index is 746. The van der Waals surface area contributed by atoms with Crippen molar-refractivity contribution in [2.75, 3.05) is 4.90 Å². The molecule has 1 aromatic heterocycles. The maximum absolute atomic E-state index is 13.4. The van der Waals surface area contributed by atoms with E-state index in [2.05, 4.69) is 27.1 Å². The molecule has 1 aliphatic heterocycles. The molecule has 1 fully saturated rings. The molecule has 0 atom stereocenters. The minimum atomic E-state index is -0.363. The summed E-state index contributed by atoms with van der Waals surface area (Å²) in [7, 11) is 1.88. The Kier molecular flexibility index (Phi) is 3.15. The van der Waals surface area contributed by atoms with E-state index in [0.29, 0.717) is 0 Å². The zero-order valence-corrected chi connectivity index (χ0v) is 14.1. The second kappa shape index (κ2) is 4.95. The van der Waals surface area contributed by atoms with Gasteiger partial charge in [0, 0.05) is 23.2 Å². The highest BCUT2D eigenvalue weighted by atomic mass is 79.9. The van der Waals surface area contributed by atoms with Gasteiger partial charge in [0.1, 0.15) is 5.82 Å². The number of anilines is 2. The molecule has 114 valence electrons. The Morgan fingerprint density at radius 3 is 2.64 bits per heavy atom. The van der Waals surface area contributed by atoms with Crippen LogP contribution in [0.15, 0.2) is 34.9 Å². The lowest BCUT2D eigenvalue weighted by Crippen LogP contribution is -2.40. The second-order valence-corrected chi connectivity index (χ2v) is 7.08. The summed E-state index contributed by atoms with van der Waals surface area (Å²) in [5, 5.41) is 4.24. The number of hydrogen-bond donors (Lipinski definition) is 0. The van der Waals surface area contributed by atoms with Crippen LogP contribution in [0.3, 0.4) is 0 Å². The number of hydrogen-bond acceptors (Lipinski definition) is 2. The summed E-state index contributed by atoms with van der Waals surface area (Å²) in [5.74, 6) is 1.05. The molecule has 4 rings (SSSR count). The van der Waals surface area contributed by atoms with Gasteiger partial charge >= 0.3 is 0 Å². The third kappa shape index (κ3) is 1.75. The number of fused-ring (bicyclic) bond motifs is 2. The smallest absolute Gasteiger partial charge is 0.243 e. The van der Waals surface area contributed by atoms with Gasteiger partial charge in [-0.3, -0.25) is 14.4 Å². The zero-order chi connectivity index (χ0) is 15.3. The molecule has 1 aliphatic carbocycles. The van der Waals surface area contributed by atoms with Crippen LogP contribution >= 0.6 is 15.9 Å². The molecule has 2 aromatic rings. The van der Waals surface area contributed by atoms with Gasteiger partial charge in [-0.2, -0.15) is 5.10 Å². The predicted octanol–water partition coefficient (Wildman–Crippen LogP) is 4.06. The number of nitrogens with zero attached hydrogens (tertiary/aromatic N) is 3. The summed E-state index contributed by atoms with van der Waals surface area (Å²) in [5.41, 5.74) is 1.81. The summed E-state index contributed by atoms with van der Waals surface area (Å²) in [6.07, 6.45) is 7.08. The van der Waals surface area contributed by atoms with Crippen molar-refractivity contribution >= 4 is 33.3 Å². The van der Waals surface area contributed by atoms with Crippen LogP contribution in [-0.4, -0.2) is 15.7 Å². The lowest BCUT2D eigenvalue weighted by atomic mass is 9.70. The minimum absolute atomic E-state index is 0.206. The van der Waals surface area contributed by atoms with Gasteiger partial charge in [0.15, 0.2) is 0 Å². The van der Waals surface area contributed by atoms with Crippen molar-refractivity contribution in [2.45, 2.75) is 37.5 Å². The lowest BCUT2D eigenvalue weighted by Gasteiger charge is -2.32. The van der Waals surface area contributed by atoms with Crippen LogP contribution < -0.4 is 4.90 Å². The van der Waals surface area contributed by atoms with Gasteiger partial charge in [-0.1, -0.05) is 41.3 Å². The van der Waals surface area contributed by atoms with E-state index in [9.17, 15) is 4.79 Å². The van der Waals surface area contributed by atoms with E-state index >= 15 is 0 Å². The lowest BCUT2D eigenvalue weighted by molar-refractivity contribution is -0.123. The summed E-state index contributed by atoms with van der Waals surface area (Å²) in [6.45, 7) is 0. The molecule has 0 unspecified atom stereocenters. The summed E-state index contributed by atoms with van der Waals surface area (Å²) in [4.78, 5) is 15.3. The number of rotatable bonds is 1. The molecule has 0 radical (unpaired) electrons. The van der Waals surface area contributed by atoms with E-state index < -0.39 is 0 Å². The first kappa shape index (κ1) is 14.0. The fourth-order valence-corrected chi connectivity index (χ4v) is 4.77. The summed E-state index contributed by atoms with van der Waals surface area (Å²) in [6, 6.07) is 8.01. The number of carbonyl (C=O) groups is 1. The molecule has 0 N–H and O–H groups in total. The molecule has 1 saturated carbocycles. The van der Waals surface area contributed by atoms with Crippen LogP contribution in [0.5, 0.6) is 0 Å². The van der Waals surface area contributed by atoms with Crippen molar-refractivity contribution in [1.29, 1.82) is 0 Å². The van der Waals surface area contributed by atoms with Crippen LogP contribution in [0.2, 0.25) is 0 Å². The van der Waals surface area contributed by atoms with Crippen LogP contribution in [0.4, 0.5) is 11.5 Å². The third-order valence-corrected chi connectivity index (χ3v) is 5.72. The van der Waals surface area contributed by atoms with Gasteiger partial charge in [-0.15, -0.1) is 0 Å². The highest BCUT2D eigenvalue weighted by Gasteiger charge is 2.52. The first-order chi connectivity index (χ1) is 10.6. The molecule has 2 aliphatic rings. The molecule has 5 heteroatoms. The average molecular weight is 360 g/mol. The van der Waals surface area contributed by atoms with E-state index in [-0.39, 0.29) is 11.3 Å². The Labute approximate surface area is 138 Å². The van der Waals surface area contributed by atoms with E-state index in [1.807, 2.05) is 30.1 Å². The maximum atomic E-state index is 13.4. The first-order valence-electron chi connectivity index (χ1n) is 7.77. The monoisotopic (exact) mass is 359 g/mol. The van der Waals surface area contributed by atoms with Crippen molar-refractivity contribution in [3.8, 4) is 0 Å². The van der Waals surface area contributed by atoms with Crippen LogP contribution in [-0.2, 0) is 17.3 Å². The van der Waals surface area contributed by atoms with Crippen LogP contribution in [0, 0.1) is 0 Å². The highest BCUT2D eigenvalue weighted by molar-refractivity contribution is 9.10. The van der Waals surface area contributed by atoms with E-state index in [1.54, 1.807) is 10.9 Å². The molecule has 0 saturated heterocycles. The van der Waals surface area contributed by atoms with Crippen molar-refractivity contribution in [3.63, 3.8) is 0 Å². The molecule has 0 bridgehead atoms. The summed E-state index contributed by atoms with van der Waals surface area (Å²) >= 11 is 3.69. The molecular weight excluding hydrogens is 342 g/mol. The number of benzene rings is 1. The number of carbonyl (C=O) groups excluding carboxylic acids is 1. The van der Waals surface area contributed by atoms with Gasteiger partial charge in [-0.05, 0) is 25.0 Å². The molecule has 4 nitrogen and oxygen atoms in total. The fraction of sp³-hybridized carbons (Fsp3) is 0.412. The molecule has 22 heavy (non-hydrogen) atoms. The van der Waals surface area contributed by atoms with E-state index in [1.165, 1.54) is 12.0 Å². The van der Waals surface area contributed by atoms with E-state index in [4.69, 9.17) is 0 Å². The Morgan fingerprint density at radius 1 is 1.18 bits per heavy atom. The Balaban J connectivity index is 1.96.